The summed E-state index contributed by atoms with van der Waals surface area (Å²) in [6.45, 7) is 4.09. The van der Waals surface area contributed by atoms with E-state index in [1.807, 2.05) is 0 Å². The van der Waals surface area contributed by atoms with Crippen LogP contribution in [-0.4, -0.2) is 90.6 Å². The third-order valence-corrected chi connectivity index (χ3v) is 4.25. The van der Waals surface area contributed by atoms with Gasteiger partial charge in [0.25, 0.3) is 0 Å². The molecule has 0 unspecified atom stereocenters. The summed E-state index contributed by atoms with van der Waals surface area (Å²) >= 11 is 0. The van der Waals surface area contributed by atoms with Crippen molar-refractivity contribution >= 4 is 23.8 Å². The summed E-state index contributed by atoms with van der Waals surface area (Å²) < 4.78 is 27.1. The first-order valence-corrected chi connectivity index (χ1v) is 9.86. The zero-order chi connectivity index (χ0) is 23.6. The van der Waals surface area contributed by atoms with Crippen molar-refractivity contribution in [3.05, 3.63) is 0 Å². The van der Waals surface area contributed by atoms with Crippen LogP contribution in [0.5, 0.6) is 0 Å². The maximum absolute atomic E-state index is 11.8. The fraction of sp³-hybridized carbons (Fsp3) is 0.789. The Morgan fingerprint density at radius 2 is 1.61 bits per heavy atom. The molecule has 0 aromatic rings. The molecule has 31 heavy (non-hydrogen) atoms. The van der Waals surface area contributed by atoms with Crippen LogP contribution >= 0.6 is 0 Å². The molecule has 1 aliphatic heterocycles. The molecule has 6 atom stereocenters. The maximum Gasteiger partial charge on any atom is 0.303 e. The van der Waals surface area contributed by atoms with Crippen LogP contribution in [0.2, 0.25) is 0 Å². The molecule has 1 saturated heterocycles. The molecule has 1 rings (SSSR count). The van der Waals surface area contributed by atoms with E-state index in [2.05, 4.69) is 5.32 Å². The highest BCUT2D eigenvalue weighted by Gasteiger charge is 2.51. The van der Waals surface area contributed by atoms with Gasteiger partial charge in [-0.1, -0.05) is 0 Å². The number of nitrogens with one attached hydrogen (secondary N) is 1. The van der Waals surface area contributed by atoms with Gasteiger partial charge in [0.15, 0.2) is 18.5 Å². The number of esters is 3. The van der Waals surface area contributed by atoms with Gasteiger partial charge in [-0.2, -0.15) is 0 Å². The standard InChI is InChI=1S/C19H31NO11/c1-10(22)20-16-18(30-13(4)25)17(29-12(3)24)15(9-28-11(2)23)31-19(16)27-7-5-6-14(26)8-21/h14-19,21,26H,5-9H2,1-4H3,(H,20,22)/t14-,15+,16+,17+,18+,19+/m0/s1. The highest BCUT2D eigenvalue weighted by atomic mass is 16.7. The molecule has 0 saturated carbocycles. The predicted molar refractivity (Wildman–Crippen MR) is 102 cm³/mol. The lowest BCUT2D eigenvalue weighted by molar-refractivity contribution is -0.278. The van der Waals surface area contributed by atoms with Gasteiger partial charge in [0, 0.05) is 34.3 Å². The van der Waals surface area contributed by atoms with Gasteiger partial charge in [-0.15, -0.1) is 0 Å². The number of hydrogen-bond donors (Lipinski definition) is 3. The topological polar surface area (TPSA) is 167 Å². The second kappa shape index (κ2) is 13.2. The molecule has 0 spiro atoms. The molecule has 1 amide bonds. The van der Waals surface area contributed by atoms with Crippen molar-refractivity contribution in [3.63, 3.8) is 0 Å². The lowest BCUT2D eigenvalue weighted by Crippen LogP contribution is -2.66. The molecule has 0 aromatic heterocycles. The monoisotopic (exact) mass is 449 g/mol. The molecular weight excluding hydrogens is 418 g/mol. The van der Waals surface area contributed by atoms with Crippen molar-refractivity contribution in [1.29, 1.82) is 0 Å². The summed E-state index contributed by atoms with van der Waals surface area (Å²) in [6, 6.07) is -1.04. The number of aliphatic hydroxyl groups is 2. The molecule has 12 heteroatoms. The summed E-state index contributed by atoms with van der Waals surface area (Å²) in [5.41, 5.74) is 0. The molecule has 0 bridgehead atoms. The van der Waals surface area contributed by atoms with Gasteiger partial charge in [0.2, 0.25) is 5.91 Å². The van der Waals surface area contributed by atoms with E-state index >= 15 is 0 Å². The summed E-state index contributed by atoms with van der Waals surface area (Å²) in [5, 5.41) is 20.9. The molecule has 1 heterocycles. The van der Waals surface area contributed by atoms with E-state index in [1.54, 1.807) is 0 Å². The normalized spacial score (nSPS) is 26.5. The van der Waals surface area contributed by atoms with E-state index in [1.165, 1.54) is 13.8 Å². The van der Waals surface area contributed by atoms with Crippen LogP contribution in [0.15, 0.2) is 0 Å². The minimum Gasteiger partial charge on any atom is -0.463 e. The highest BCUT2D eigenvalue weighted by Crippen LogP contribution is 2.28. The van der Waals surface area contributed by atoms with Crippen LogP contribution in [0.1, 0.15) is 40.5 Å². The molecule has 3 N–H and O–H groups in total. The summed E-state index contributed by atoms with van der Waals surface area (Å²) in [4.78, 5) is 46.4. The average molecular weight is 449 g/mol. The van der Waals surface area contributed by atoms with Crippen molar-refractivity contribution in [2.75, 3.05) is 19.8 Å². The van der Waals surface area contributed by atoms with Crippen LogP contribution in [0.4, 0.5) is 0 Å². The maximum atomic E-state index is 11.8. The first kappa shape index (κ1) is 26.8. The van der Waals surface area contributed by atoms with Crippen LogP contribution < -0.4 is 5.32 Å². The number of aliphatic hydroxyl groups excluding tert-OH is 2. The first-order valence-electron chi connectivity index (χ1n) is 9.86. The van der Waals surface area contributed by atoms with Gasteiger partial charge in [0.05, 0.1) is 12.7 Å². The van der Waals surface area contributed by atoms with E-state index in [4.69, 9.17) is 28.8 Å². The van der Waals surface area contributed by atoms with Crippen molar-refractivity contribution < 1.29 is 53.1 Å². The zero-order valence-electron chi connectivity index (χ0n) is 18.1. The minimum absolute atomic E-state index is 0.0725. The Morgan fingerprint density at radius 1 is 1.00 bits per heavy atom. The molecule has 178 valence electrons. The van der Waals surface area contributed by atoms with Crippen molar-refractivity contribution in [1.82, 2.24) is 5.32 Å². The Balaban J connectivity index is 3.12. The van der Waals surface area contributed by atoms with Gasteiger partial charge in [0.1, 0.15) is 18.8 Å². The fourth-order valence-electron chi connectivity index (χ4n) is 3.04. The highest BCUT2D eigenvalue weighted by molar-refractivity contribution is 5.73. The van der Waals surface area contributed by atoms with Crippen LogP contribution in [0.25, 0.3) is 0 Å². The van der Waals surface area contributed by atoms with E-state index in [0.29, 0.717) is 6.42 Å². The molecular formula is C19H31NO11. The summed E-state index contributed by atoms with van der Waals surface area (Å²) in [6.07, 6.45) is -4.85. The Bertz CT molecular complexity index is 626. The fourth-order valence-corrected chi connectivity index (χ4v) is 3.04. The van der Waals surface area contributed by atoms with E-state index in [-0.39, 0.29) is 19.6 Å². The van der Waals surface area contributed by atoms with Crippen LogP contribution in [0, 0.1) is 0 Å². The van der Waals surface area contributed by atoms with Crippen molar-refractivity contribution in [3.8, 4) is 0 Å². The Hall–Kier alpha value is -2.28. The van der Waals surface area contributed by atoms with Gasteiger partial charge in [-0.05, 0) is 12.8 Å². The van der Waals surface area contributed by atoms with Gasteiger partial charge >= 0.3 is 17.9 Å². The number of hydrogen-bond acceptors (Lipinski definition) is 11. The number of amides is 1. The van der Waals surface area contributed by atoms with Gasteiger partial charge < -0.3 is 39.2 Å². The zero-order valence-corrected chi connectivity index (χ0v) is 18.1. The number of carbonyl (C=O) groups excluding carboxylic acids is 4. The van der Waals surface area contributed by atoms with Crippen molar-refractivity contribution in [2.24, 2.45) is 0 Å². The Morgan fingerprint density at radius 3 is 2.13 bits per heavy atom. The average Bonchev–Trinajstić information content (AvgIpc) is 2.66. The molecule has 1 aliphatic rings. The minimum atomic E-state index is -1.19. The number of ether oxygens (including phenoxy) is 5. The SMILES string of the molecule is CC(=O)N[C@H]1[C@H](OCCC[C@H](O)CO)O[C@H](COC(C)=O)[C@@H](OC(C)=O)[C@@H]1OC(C)=O. The lowest BCUT2D eigenvalue weighted by atomic mass is 9.96. The molecule has 0 aliphatic carbocycles. The Labute approximate surface area is 180 Å². The second-order valence-electron chi connectivity index (χ2n) is 7.07. The van der Waals surface area contributed by atoms with Gasteiger partial charge in [-0.3, -0.25) is 19.2 Å². The Kier molecular flexibility index (Phi) is 11.4. The van der Waals surface area contributed by atoms with E-state index in [0.717, 1.165) is 13.8 Å². The number of rotatable bonds is 11. The van der Waals surface area contributed by atoms with E-state index in [9.17, 15) is 24.3 Å². The third kappa shape index (κ3) is 9.59. The molecule has 0 aromatic carbocycles. The van der Waals surface area contributed by atoms with Crippen molar-refractivity contribution in [2.45, 2.75) is 77.3 Å². The molecule has 0 radical (unpaired) electrons. The second-order valence-corrected chi connectivity index (χ2v) is 7.07. The summed E-state index contributed by atoms with van der Waals surface area (Å²) in [7, 11) is 0. The first-order chi connectivity index (χ1) is 14.5. The summed E-state index contributed by atoms with van der Waals surface area (Å²) in [5.74, 6) is -2.48. The van der Waals surface area contributed by atoms with Gasteiger partial charge in [-0.25, -0.2) is 0 Å². The largest absolute Gasteiger partial charge is 0.463 e. The van der Waals surface area contributed by atoms with Crippen LogP contribution in [0.3, 0.4) is 0 Å². The quantitative estimate of drug-likeness (QED) is 0.197. The van der Waals surface area contributed by atoms with E-state index < -0.39 is 67.2 Å². The third-order valence-electron chi connectivity index (χ3n) is 4.25. The molecule has 12 nitrogen and oxygen atoms in total. The molecule has 1 fully saturated rings. The van der Waals surface area contributed by atoms with Crippen LogP contribution in [-0.2, 0) is 42.9 Å². The number of carbonyl (C=O) groups is 4. The lowest BCUT2D eigenvalue weighted by Gasteiger charge is -2.45. The predicted octanol–water partition coefficient (Wildman–Crippen LogP) is -1.21. The smallest absolute Gasteiger partial charge is 0.303 e.